The molecule has 6 nitrogen and oxygen atoms in total. The van der Waals surface area contributed by atoms with E-state index in [1.54, 1.807) is 0 Å². The van der Waals surface area contributed by atoms with Crippen LogP contribution in [0.5, 0.6) is 0 Å². The number of amides is 3. The van der Waals surface area contributed by atoms with Gasteiger partial charge < -0.3 is 10.3 Å². The topological polar surface area (TPSA) is 75.2 Å². The third kappa shape index (κ3) is 1.96. The zero-order chi connectivity index (χ0) is 9.26. The second kappa shape index (κ2) is 4.57. The van der Waals surface area contributed by atoms with Crippen LogP contribution in [0, 0.1) is 6.20 Å². The number of nitrogens with zero attached hydrogens (tertiary/aromatic N) is 3. The summed E-state index contributed by atoms with van der Waals surface area (Å²) in [5.41, 5.74) is 0. The summed E-state index contributed by atoms with van der Waals surface area (Å²) in [7, 11) is 0. The van der Waals surface area contributed by atoms with Crippen LogP contribution in [0.1, 0.15) is 0 Å². The van der Waals surface area contributed by atoms with Crippen LogP contribution in [0.4, 0.5) is 10.6 Å². The van der Waals surface area contributed by atoms with Crippen molar-refractivity contribution in [1.82, 2.24) is 15.3 Å². The average molecular weight is 266 g/mol. The van der Waals surface area contributed by atoms with E-state index in [2.05, 4.69) is 21.5 Å². The Kier molecular flexibility index (Phi) is 3.65. The monoisotopic (exact) mass is 266 g/mol. The Morgan fingerprint density at radius 2 is 2.29 bits per heavy atom. The van der Waals surface area contributed by atoms with Crippen molar-refractivity contribution in [3.8, 4) is 0 Å². The van der Waals surface area contributed by atoms with Crippen LogP contribution in [0.3, 0.4) is 0 Å². The van der Waals surface area contributed by atoms with Crippen LogP contribution in [0.15, 0.2) is 12.4 Å². The Hall–Kier alpha value is -0.876. The molecule has 14 heavy (non-hydrogen) atoms. The first-order valence-electron chi connectivity index (χ1n) is 3.58. The van der Waals surface area contributed by atoms with Crippen LogP contribution >= 0.6 is 0 Å². The number of hydrogen-bond donors (Lipinski definition) is 1. The fourth-order valence-corrected chi connectivity index (χ4v) is 1.03. The van der Waals surface area contributed by atoms with Crippen molar-refractivity contribution in [2.45, 2.75) is 0 Å². The van der Waals surface area contributed by atoms with Gasteiger partial charge in [0, 0.05) is 32.7 Å². The minimum absolute atomic E-state index is 0. The van der Waals surface area contributed by atoms with Gasteiger partial charge in [-0.1, -0.05) is 6.20 Å². The van der Waals surface area contributed by atoms with E-state index in [1.165, 1.54) is 12.4 Å². The van der Waals surface area contributed by atoms with Gasteiger partial charge in [-0.15, -0.1) is 6.20 Å². The quantitative estimate of drug-likeness (QED) is 0.540. The van der Waals surface area contributed by atoms with Crippen LogP contribution in [-0.4, -0.2) is 28.5 Å². The molecule has 7 heteroatoms. The molecule has 3 amide bonds. The summed E-state index contributed by atoms with van der Waals surface area (Å²) in [4.78, 5) is 30.6. The first-order chi connectivity index (χ1) is 6.29. The van der Waals surface area contributed by atoms with Crippen molar-refractivity contribution in [2.24, 2.45) is 0 Å². The molecule has 1 aliphatic heterocycles. The Labute approximate surface area is 105 Å². The molecule has 0 aromatic carbocycles. The Morgan fingerprint density at radius 3 is 2.79 bits per heavy atom. The molecular formula is C7H5N4O2Y-. The number of nitrogens with one attached hydrogen (secondary N) is 1. The molecule has 1 fully saturated rings. The molecule has 1 radical (unpaired) electrons. The van der Waals surface area contributed by atoms with Gasteiger partial charge in [-0.3, -0.25) is 9.78 Å². The molecule has 0 unspecified atom stereocenters. The summed E-state index contributed by atoms with van der Waals surface area (Å²) >= 11 is 0. The summed E-state index contributed by atoms with van der Waals surface area (Å²) < 4.78 is 0. The van der Waals surface area contributed by atoms with Crippen molar-refractivity contribution in [3.05, 3.63) is 18.6 Å². The average Bonchev–Trinajstić information content (AvgIpc) is 2.48. The SMILES string of the molecule is O=C1CNC(=O)N1c1cn[c-]cn1.[Y]. The fourth-order valence-electron chi connectivity index (χ4n) is 1.03. The zero-order valence-corrected chi connectivity index (χ0v) is 9.94. The van der Waals surface area contributed by atoms with Gasteiger partial charge >= 0.3 is 6.03 Å². The predicted molar refractivity (Wildman–Crippen MR) is 41.8 cm³/mol. The normalized spacial score (nSPS) is 15.0. The van der Waals surface area contributed by atoms with E-state index >= 15 is 0 Å². The maximum Gasteiger partial charge on any atom is 0.329 e. The molecule has 0 atom stereocenters. The summed E-state index contributed by atoms with van der Waals surface area (Å²) in [6.07, 6.45) is 5.06. The Morgan fingerprint density at radius 1 is 1.50 bits per heavy atom. The van der Waals surface area contributed by atoms with E-state index in [1.807, 2.05) is 0 Å². The summed E-state index contributed by atoms with van der Waals surface area (Å²) in [6.45, 7) is 0.0130. The van der Waals surface area contributed by atoms with E-state index < -0.39 is 6.03 Å². The second-order valence-electron chi connectivity index (χ2n) is 2.39. The van der Waals surface area contributed by atoms with E-state index in [-0.39, 0.29) is 51.0 Å². The molecule has 1 aromatic rings. The van der Waals surface area contributed by atoms with E-state index in [9.17, 15) is 9.59 Å². The van der Waals surface area contributed by atoms with E-state index in [0.717, 1.165) is 4.90 Å². The molecule has 1 aliphatic rings. The van der Waals surface area contributed by atoms with Crippen molar-refractivity contribution < 1.29 is 42.3 Å². The Balaban J connectivity index is 0.000000980. The summed E-state index contributed by atoms with van der Waals surface area (Å²) in [5, 5.41) is 2.38. The largest absolute Gasteiger partial charge is 0.454 e. The van der Waals surface area contributed by atoms with Gasteiger partial charge in [-0.05, 0) is 6.20 Å². The van der Waals surface area contributed by atoms with Crippen LogP contribution in [0.25, 0.3) is 0 Å². The minimum atomic E-state index is -0.467. The van der Waals surface area contributed by atoms with Crippen molar-refractivity contribution in [3.63, 3.8) is 0 Å². The molecule has 1 aromatic heterocycles. The van der Waals surface area contributed by atoms with Gasteiger partial charge in [-0.2, -0.15) is 0 Å². The molecular weight excluding hydrogens is 261 g/mol. The van der Waals surface area contributed by atoms with Gasteiger partial charge in [0.15, 0.2) is 0 Å². The van der Waals surface area contributed by atoms with E-state index in [0.29, 0.717) is 0 Å². The number of carbonyl (C=O) groups excluding carboxylic acids is 2. The van der Waals surface area contributed by atoms with Crippen molar-refractivity contribution in [2.75, 3.05) is 11.4 Å². The number of hydrogen-bond acceptors (Lipinski definition) is 4. The van der Waals surface area contributed by atoms with Gasteiger partial charge in [0.25, 0.3) is 5.91 Å². The molecule has 1 N–H and O–H groups in total. The number of aromatic nitrogens is 2. The third-order valence-corrected chi connectivity index (χ3v) is 1.58. The summed E-state index contributed by atoms with van der Waals surface area (Å²) in [6, 6.07) is -0.467. The fraction of sp³-hybridized carbons (Fsp3) is 0.143. The molecule has 0 bridgehead atoms. The maximum absolute atomic E-state index is 11.1. The second-order valence-corrected chi connectivity index (χ2v) is 2.39. The third-order valence-electron chi connectivity index (χ3n) is 1.58. The van der Waals surface area contributed by atoms with Gasteiger partial charge in [0.2, 0.25) is 0 Å². The number of anilines is 1. The van der Waals surface area contributed by atoms with Gasteiger partial charge in [-0.25, -0.2) is 9.69 Å². The molecule has 69 valence electrons. The zero-order valence-electron chi connectivity index (χ0n) is 7.10. The van der Waals surface area contributed by atoms with Crippen LogP contribution in [0.2, 0.25) is 0 Å². The molecule has 0 spiro atoms. The van der Waals surface area contributed by atoms with E-state index in [4.69, 9.17) is 0 Å². The van der Waals surface area contributed by atoms with Crippen molar-refractivity contribution in [1.29, 1.82) is 0 Å². The first-order valence-corrected chi connectivity index (χ1v) is 3.58. The number of rotatable bonds is 1. The van der Waals surface area contributed by atoms with Crippen LogP contribution in [-0.2, 0) is 37.5 Å². The number of imide groups is 1. The molecule has 1 saturated heterocycles. The van der Waals surface area contributed by atoms with Crippen LogP contribution < -0.4 is 10.2 Å². The minimum Gasteiger partial charge on any atom is -0.454 e. The first kappa shape index (κ1) is 11.2. The number of urea groups is 1. The van der Waals surface area contributed by atoms with Gasteiger partial charge in [0.05, 0.1) is 12.4 Å². The summed E-state index contributed by atoms with van der Waals surface area (Å²) in [5.74, 6) is -0.107. The molecule has 2 rings (SSSR count). The molecule has 0 saturated carbocycles. The molecule has 0 aliphatic carbocycles. The Bertz CT molecular complexity index is 340. The maximum atomic E-state index is 11.1. The predicted octanol–water partition coefficient (Wildman–Crippen LogP) is -0.670. The molecule has 2 heterocycles. The smallest absolute Gasteiger partial charge is 0.329 e. The standard InChI is InChI=1S/C7H5N4O2.Y/c12-6-4-10-7(13)11(6)5-3-8-1-2-9-5;/h2-3H,4H2,(H,10,13);/q-1;. The van der Waals surface area contributed by atoms with Gasteiger partial charge in [0.1, 0.15) is 0 Å². The van der Waals surface area contributed by atoms with Crippen molar-refractivity contribution >= 4 is 17.8 Å². The number of carbonyl (C=O) groups is 2.